The number of nitrogens with zero attached hydrogens (tertiary/aromatic N) is 1. The first-order chi connectivity index (χ1) is 15.8. The van der Waals surface area contributed by atoms with Gasteiger partial charge in [0, 0.05) is 17.5 Å². The Balaban J connectivity index is 1.53. The third-order valence-corrected chi connectivity index (χ3v) is 7.17. The second-order valence-electron chi connectivity index (χ2n) is 8.56. The Kier molecular flexibility index (Phi) is 6.91. The number of esters is 1. The number of ether oxygens (including phenoxy) is 3. The molecule has 3 unspecified atom stereocenters. The third kappa shape index (κ3) is 5.14. The lowest BCUT2D eigenvalue weighted by Crippen LogP contribution is -2.56. The van der Waals surface area contributed by atoms with Crippen molar-refractivity contribution in [1.82, 2.24) is 10.6 Å². The summed E-state index contributed by atoms with van der Waals surface area (Å²) in [7, 11) is 0. The predicted octanol–water partition coefficient (Wildman–Crippen LogP) is 2.34. The van der Waals surface area contributed by atoms with Crippen LogP contribution in [0.15, 0.2) is 46.9 Å². The largest absolute Gasteiger partial charge is 0.460 e. The molecule has 0 bridgehead atoms. The van der Waals surface area contributed by atoms with E-state index in [0.29, 0.717) is 26.1 Å². The molecular weight excluding hydrogens is 442 g/mol. The van der Waals surface area contributed by atoms with Crippen molar-refractivity contribution in [3.63, 3.8) is 0 Å². The van der Waals surface area contributed by atoms with Crippen molar-refractivity contribution in [2.45, 2.75) is 37.0 Å². The van der Waals surface area contributed by atoms with Gasteiger partial charge in [0.1, 0.15) is 18.6 Å². The fourth-order valence-electron chi connectivity index (χ4n) is 4.14. The van der Waals surface area contributed by atoms with Gasteiger partial charge in [-0.05, 0) is 44.0 Å². The quantitative estimate of drug-likeness (QED) is 0.483. The summed E-state index contributed by atoms with van der Waals surface area (Å²) in [6.07, 6.45) is 3.26. The summed E-state index contributed by atoms with van der Waals surface area (Å²) in [6.45, 7) is 5.12. The first-order valence-electron chi connectivity index (χ1n) is 10.9. The van der Waals surface area contributed by atoms with E-state index < -0.39 is 34.6 Å². The molecule has 0 saturated carbocycles. The summed E-state index contributed by atoms with van der Waals surface area (Å²) >= 11 is 1.20. The minimum atomic E-state index is -1.56. The smallest absolute Gasteiger partial charge is 0.344 e. The van der Waals surface area contributed by atoms with Crippen LogP contribution in [0.3, 0.4) is 0 Å². The van der Waals surface area contributed by atoms with E-state index in [4.69, 9.17) is 14.2 Å². The SMILES string of the molecule is CC1(C)OCC(COC(=O)C2(NC(=O)C=Cc3ccccc3)SC3=C(CCNC3)C2C#N)O1. The zero-order valence-electron chi connectivity index (χ0n) is 18.6. The first-order valence-corrected chi connectivity index (χ1v) is 11.7. The average molecular weight is 470 g/mol. The maximum Gasteiger partial charge on any atom is 0.344 e. The number of nitrogens with one attached hydrogen (secondary N) is 2. The van der Waals surface area contributed by atoms with Gasteiger partial charge in [0.05, 0.1) is 12.7 Å². The van der Waals surface area contributed by atoms with E-state index in [1.54, 1.807) is 19.9 Å². The Morgan fingerprint density at radius 2 is 2.15 bits per heavy atom. The molecule has 0 radical (unpaired) electrons. The molecule has 1 aromatic rings. The molecule has 3 aliphatic rings. The van der Waals surface area contributed by atoms with E-state index in [0.717, 1.165) is 16.0 Å². The fourth-order valence-corrected chi connectivity index (χ4v) is 5.66. The molecule has 1 aromatic carbocycles. The van der Waals surface area contributed by atoms with Crippen molar-refractivity contribution in [2.75, 3.05) is 26.3 Å². The highest BCUT2D eigenvalue weighted by molar-refractivity contribution is 8.05. The molecule has 174 valence electrons. The predicted molar refractivity (Wildman–Crippen MR) is 123 cm³/mol. The van der Waals surface area contributed by atoms with E-state index in [2.05, 4.69) is 16.7 Å². The minimum absolute atomic E-state index is 0.0264. The summed E-state index contributed by atoms with van der Waals surface area (Å²) in [5, 5.41) is 16.1. The lowest BCUT2D eigenvalue weighted by molar-refractivity contribution is -0.161. The van der Waals surface area contributed by atoms with E-state index in [1.807, 2.05) is 30.3 Å². The molecule has 0 aromatic heterocycles. The lowest BCUT2D eigenvalue weighted by atomic mass is 9.88. The van der Waals surface area contributed by atoms with Crippen LogP contribution >= 0.6 is 11.8 Å². The van der Waals surface area contributed by atoms with Crippen LogP contribution in [0.4, 0.5) is 0 Å². The summed E-state index contributed by atoms with van der Waals surface area (Å²) in [5.74, 6) is -2.70. The van der Waals surface area contributed by atoms with E-state index in [1.165, 1.54) is 17.8 Å². The average Bonchev–Trinajstić information content (AvgIpc) is 3.33. The van der Waals surface area contributed by atoms with Crippen molar-refractivity contribution >= 4 is 29.7 Å². The lowest BCUT2D eigenvalue weighted by Gasteiger charge is -2.31. The highest BCUT2D eigenvalue weighted by Gasteiger charge is 2.57. The summed E-state index contributed by atoms with van der Waals surface area (Å²) in [6, 6.07) is 11.6. The molecule has 2 N–H and O–H groups in total. The van der Waals surface area contributed by atoms with Crippen LogP contribution in [0.1, 0.15) is 25.8 Å². The molecule has 0 spiro atoms. The summed E-state index contributed by atoms with van der Waals surface area (Å²) in [5.41, 5.74) is 1.73. The van der Waals surface area contributed by atoms with Crippen LogP contribution < -0.4 is 10.6 Å². The number of amides is 1. The first kappa shape index (κ1) is 23.5. The van der Waals surface area contributed by atoms with Crippen LogP contribution in [0.2, 0.25) is 0 Å². The van der Waals surface area contributed by atoms with Crippen molar-refractivity contribution in [3.05, 3.63) is 52.4 Å². The van der Waals surface area contributed by atoms with Gasteiger partial charge in [0.25, 0.3) is 0 Å². The Hall–Kier alpha value is -2.64. The number of nitriles is 1. The highest BCUT2D eigenvalue weighted by atomic mass is 32.2. The molecule has 4 rings (SSSR count). The van der Waals surface area contributed by atoms with Crippen LogP contribution in [-0.4, -0.2) is 54.9 Å². The van der Waals surface area contributed by atoms with Crippen molar-refractivity contribution in [3.8, 4) is 6.07 Å². The second-order valence-corrected chi connectivity index (χ2v) is 9.90. The topological polar surface area (TPSA) is 110 Å². The number of carbonyl (C=O) groups is 2. The maximum absolute atomic E-state index is 13.4. The number of carbonyl (C=O) groups excluding carboxylic acids is 2. The Bertz CT molecular complexity index is 1020. The molecule has 3 aliphatic heterocycles. The second kappa shape index (κ2) is 9.69. The van der Waals surface area contributed by atoms with Crippen molar-refractivity contribution in [1.29, 1.82) is 5.26 Å². The van der Waals surface area contributed by atoms with Gasteiger partial charge < -0.3 is 24.8 Å². The van der Waals surface area contributed by atoms with Crippen LogP contribution in [-0.2, 0) is 23.8 Å². The van der Waals surface area contributed by atoms with Gasteiger partial charge in [0.2, 0.25) is 10.8 Å². The highest BCUT2D eigenvalue weighted by Crippen LogP contribution is 2.51. The number of benzene rings is 1. The van der Waals surface area contributed by atoms with Crippen molar-refractivity contribution in [2.24, 2.45) is 5.92 Å². The molecule has 1 fully saturated rings. The van der Waals surface area contributed by atoms with E-state index >= 15 is 0 Å². The van der Waals surface area contributed by atoms with Gasteiger partial charge >= 0.3 is 5.97 Å². The Morgan fingerprint density at radius 1 is 1.36 bits per heavy atom. The summed E-state index contributed by atoms with van der Waals surface area (Å²) < 4.78 is 16.9. The van der Waals surface area contributed by atoms with Crippen LogP contribution in [0.5, 0.6) is 0 Å². The fraction of sp³-hybridized carbons (Fsp3) is 0.458. The number of hydrogen-bond donors (Lipinski definition) is 2. The molecule has 1 amide bonds. The van der Waals surface area contributed by atoms with Gasteiger partial charge in [0.15, 0.2) is 5.79 Å². The zero-order valence-corrected chi connectivity index (χ0v) is 19.4. The number of hydrogen-bond acceptors (Lipinski definition) is 8. The molecule has 3 atom stereocenters. The zero-order chi connectivity index (χ0) is 23.5. The van der Waals surface area contributed by atoms with Gasteiger partial charge in [-0.1, -0.05) is 42.1 Å². The third-order valence-electron chi connectivity index (χ3n) is 5.69. The molecule has 3 heterocycles. The van der Waals surface area contributed by atoms with Crippen LogP contribution in [0.25, 0.3) is 6.08 Å². The Morgan fingerprint density at radius 3 is 2.85 bits per heavy atom. The standard InChI is InChI=1S/C24H27N3O5S/c1-23(2)31-15-17(32-23)14-30-22(29)24(19(12-25)18-10-11-26-13-20(18)33-24)27-21(28)9-8-16-6-4-3-5-7-16/h3-9,17,19,26H,10-11,13-15H2,1-2H3,(H,27,28). The molecule has 0 aliphatic carbocycles. The van der Waals surface area contributed by atoms with Gasteiger partial charge in [-0.3, -0.25) is 4.79 Å². The van der Waals surface area contributed by atoms with Crippen LogP contribution in [0, 0.1) is 17.2 Å². The monoisotopic (exact) mass is 469 g/mol. The minimum Gasteiger partial charge on any atom is -0.460 e. The molecule has 1 saturated heterocycles. The van der Waals surface area contributed by atoms with E-state index in [9.17, 15) is 14.9 Å². The van der Waals surface area contributed by atoms with Gasteiger partial charge in [-0.25, -0.2) is 4.79 Å². The molecule has 33 heavy (non-hydrogen) atoms. The Labute approximate surface area is 197 Å². The van der Waals surface area contributed by atoms with Gasteiger partial charge in [-0.15, -0.1) is 0 Å². The molecular formula is C24H27N3O5S. The van der Waals surface area contributed by atoms with E-state index in [-0.39, 0.29) is 6.61 Å². The van der Waals surface area contributed by atoms with Crippen molar-refractivity contribution < 1.29 is 23.8 Å². The number of rotatable bonds is 6. The maximum atomic E-state index is 13.4. The van der Waals surface area contributed by atoms with Gasteiger partial charge in [-0.2, -0.15) is 5.26 Å². The normalized spacial score (nSPS) is 28.4. The molecule has 9 heteroatoms. The molecule has 8 nitrogen and oxygen atoms in total. The summed E-state index contributed by atoms with van der Waals surface area (Å²) in [4.78, 5) is 25.7. The number of thioether (sulfide) groups is 1.